The SMILES string of the molecule is COc1ccc([C@@H]2Oc3c(OC)cccc3[C@H]3CN=N[C@]32[N+](=O)[O-])cc1. The standard InChI is InChI=1S/C18H17N3O5/c1-24-12-8-6-11(7-9-12)17-18(21(22)23)14(10-19-20-18)13-4-3-5-15(25-2)16(13)26-17/h3-9,14,17H,10H2,1-2H3/t14-,17+,18+/m1/s1. The number of hydrogen-bond donors (Lipinski definition) is 0. The van der Waals surface area contributed by atoms with Crippen LogP contribution in [0.4, 0.5) is 0 Å². The second-order valence-electron chi connectivity index (χ2n) is 6.17. The predicted octanol–water partition coefficient (Wildman–Crippen LogP) is 3.36. The third-order valence-electron chi connectivity index (χ3n) is 4.95. The molecule has 8 heteroatoms. The van der Waals surface area contributed by atoms with Crippen molar-refractivity contribution in [2.75, 3.05) is 20.8 Å². The van der Waals surface area contributed by atoms with E-state index in [-0.39, 0.29) is 11.5 Å². The van der Waals surface area contributed by atoms with E-state index in [9.17, 15) is 10.1 Å². The van der Waals surface area contributed by atoms with Gasteiger partial charge < -0.3 is 14.2 Å². The van der Waals surface area contributed by atoms with E-state index in [1.807, 2.05) is 0 Å². The summed E-state index contributed by atoms with van der Waals surface area (Å²) in [5.74, 6) is 1.17. The Hall–Kier alpha value is -3.16. The van der Waals surface area contributed by atoms with E-state index in [0.29, 0.717) is 28.4 Å². The highest BCUT2D eigenvalue weighted by atomic mass is 16.6. The summed E-state index contributed by atoms with van der Waals surface area (Å²) in [6, 6.07) is 12.3. The summed E-state index contributed by atoms with van der Waals surface area (Å²) >= 11 is 0. The van der Waals surface area contributed by atoms with Crippen LogP contribution < -0.4 is 14.2 Å². The van der Waals surface area contributed by atoms with Crippen molar-refractivity contribution in [1.82, 2.24) is 0 Å². The number of benzene rings is 2. The molecule has 0 aromatic heterocycles. The quantitative estimate of drug-likeness (QED) is 0.619. The summed E-state index contributed by atoms with van der Waals surface area (Å²) in [5, 5.41) is 20.2. The number of azo groups is 1. The third kappa shape index (κ3) is 2.15. The lowest BCUT2D eigenvalue weighted by atomic mass is 9.78. The van der Waals surface area contributed by atoms with Gasteiger partial charge in [-0.25, -0.2) is 0 Å². The first-order chi connectivity index (χ1) is 12.6. The van der Waals surface area contributed by atoms with Gasteiger partial charge in [-0.1, -0.05) is 24.3 Å². The van der Waals surface area contributed by atoms with Crippen molar-refractivity contribution >= 4 is 0 Å². The highest BCUT2D eigenvalue weighted by Gasteiger charge is 2.66. The van der Waals surface area contributed by atoms with Crippen molar-refractivity contribution in [2.45, 2.75) is 17.7 Å². The van der Waals surface area contributed by atoms with Crippen LogP contribution in [-0.4, -0.2) is 31.4 Å². The highest BCUT2D eigenvalue weighted by molar-refractivity contribution is 5.52. The number of ether oxygens (including phenoxy) is 3. The van der Waals surface area contributed by atoms with Crippen LogP contribution in [0, 0.1) is 10.1 Å². The fourth-order valence-corrected chi connectivity index (χ4v) is 3.65. The molecule has 0 unspecified atom stereocenters. The van der Waals surface area contributed by atoms with Crippen LogP contribution in [0.1, 0.15) is 23.1 Å². The van der Waals surface area contributed by atoms with Gasteiger partial charge in [0.1, 0.15) is 11.7 Å². The largest absolute Gasteiger partial charge is 0.497 e. The number of rotatable bonds is 4. The zero-order valence-electron chi connectivity index (χ0n) is 14.3. The maximum absolute atomic E-state index is 12.1. The molecule has 2 aromatic carbocycles. The second kappa shape index (κ2) is 5.98. The molecule has 4 rings (SSSR count). The highest BCUT2D eigenvalue weighted by Crippen LogP contribution is 2.56. The van der Waals surface area contributed by atoms with Gasteiger partial charge in [-0.3, -0.25) is 10.1 Å². The monoisotopic (exact) mass is 355 g/mol. The Bertz CT molecular complexity index is 883. The first-order valence-corrected chi connectivity index (χ1v) is 8.12. The molecule has 8 nitrogen and oxygen atoms in total. The number of para-hydroxylation sites is 1. The molecular weight excluding hydrogens is 338 g/mol. The molecule has 0 fully saturated rings. The van der Waals surface area contributed by atoms with E-state index < -0.39 is 17.7 Å². The number of hydrogen-bond acceptors (Lipinski definition) is 7. The third-order valence-corrected chi connectivity index (χ3v) is 4.95. The van der Waals surface area contributed by atoms with Gasteiger partial charge in [-0.05, 0) is 18.2 Å². The van der Waals surface area contributed by atoms with Gasteiger partial charge in [0.2, 0.25) is 6.10 Å². The fourth-order valence-electron chi connectivity index (χ4n) is 3.65. The molecule has 0 aliphatic carbocycles. The van der Waals surface area contributed by atoms with Crippen molar-refractivity contribution in [3.8, 4) is 17.2 Å². The van der Waals surface area contributed by atoms with Gasteiger partial charge in [-0.15, -0.1) is 5.11 Å². The molecule has 2 aliphatic rings. The van der Waals surface area contributed by atoms with Crippen molar-refractivity contribution in [1.29, 1.82) is 0 Å². The summed E-state index contributed by atoms with van der Waals surface area (Å²) in [5.41, 5.74) is -0.380. The topological polar surface area (TPSA) is 95.5 Å². The Labute approximate surface area is 149 Å². The lowest BCUT2D eigenvalue weighted by molar-refractivity contribution is -0.586. The molecule has 0 spiro atoms. The molecule has 0 saturated heterocycles. The summed E-state index contributed by atoms with van der Waals surface area (Å²) < 4.78 is 16.7. The minimum Gasteiger partial charge on any atom is -0.497 e. The first kappa shape index (κ1) is 16.3. The maximum atomic E-state index is 12.1. The van der Waals surface area contributed by atoms with Gasteiger partial charge >= 0.3 is 5.66 Å². The van der Waals surface area contributed by atoms with Gasteiger partial charge in [0, 0.05) is 11.1 Å². The van der Waals surface area contributed by atoms with Gasteiger partial charge in [0.25, 0.3) is 0 Å². The van der Waals surface area contributed by atoms with Crippen LogP contribution >= 0.6 is 0 Å². The zero-order chi connectivity index (χ0) is 18.3. The minimum absolute atomic E-state index is 0.233. The van der Waals surface area contributed by atoms with Gasteiger partial charge in [0.05, 0.1) is 25.7 Å². The second-order valence-corrected chi connectivity index (χ2v) is 6.17. The average molecular weight is 355 g/mol. The lowest BCUT2D eigenvalue weighted by Crippen LogP contribution is -2.51. The zero-order valence-corrected chi connectivity index (χ0v) is 14.3. The summed E-state index contributed by atoms with van der Waals surface area (Å²) in [6.07, 6.45) is -0.927. The van der Waals surface area contributed by atoms with Crippen LogP contribution in [-0.2, 0) is 0 Å². The maximum Gasteiger partial charge on any atom is 0.378 e. The average Bonchev–Trinajstić information content (AvgIpc) is 3.13. The van der Waals surface area contributed by atoms with Crippen molar-refractivity contribution in [2.24, 2.45) is 10.2 Å². The first-order valence-electron chi connectivity index (χ1n) is 8.12. The number of nitrogens with zero attached hydrogens (tertiary/aromatic N) is 3. The Balaban J connectivity index is 1.90. The molecule has 3 atom stereocenters. The van der Waals surface area contributed by atoms with E-state index >= 15 is 0 Å². The fraction of sp³-hybridized carbons (Fsp3) is 0.333. The van der Waals surface area contributed by atoms with E-state index in [4.69, 9.17) is 14.2 Å². The normalized spacial score (nSPS) is 25.8. The molecule has 0 amide bonds. The van der Waals surface area contributed by atoms with Gasteiger partial charge in [-0.2, -0.15) is 5.11 Å². The molecule has 26 heavy (non-hydrogen) atoms. The van der Waals surface area contributed by atoms with Crippen LogP contribution in [0.25, 0.3) is 0 Å². The van der Waals surface area contributed by atoms with Crippen molar-refractivity contribution < 1.29 is 19.1 Å². The Morgan fingerprint density at radius 3 is 2.62 bits per heavy atom. The Kier molecular flexibility index (Phi) is 3.75. The van der Waals surface area contributed by atoms with E-state index in [1.165, 1.54) is 0 Å². The number of fused-ring (bicyclic) bond motifs is 3. The predicted molar refractivity (Wildman–Crippen MR) is 91.5 cm³/mol. The van der Waals surface area contributed by atoms with Crippen molar-refractivity contribution in [3.05, 3.63) is 63.7 Å². The molecule has 2 heterocycles. The molecule has 0 bridgehead atoms. The lowest BCUT2D eigenvalue weighted by Gasteiger charge is -2.37. The molecule has 2 aliphatic heterocycles. The molecule has 2 aromatic rings. The molecule has 0 radical (unpaired) electrons. The van der Waals surface area contributed by atoms with Crippen LogP contribution in [0.2, 0.25) is 0 Å². The molecule has 0 saturated carbocycles. The van der Waals surface area contributed by atoms with E-state index in [2.05, 4.69) is 10.2 Å². The minimum atomic E-state index is -1.70. The van der Waals surface area contributed by atoms with Gasteiger partial charge in [0.15, 0.2) is 11.5 Å². The van der Waals surface area contributed by atoms with E-state index in [0.717, 1.165) is 0 Å². The Morgan fingerprint density at radius 2 is 1.96 bits per heavy atom. The molecular formula is C18H17N3O5. The van der Waals surface area contributed by atoms with Crippen LogP contribution in [0.15, 0.2) is 52.7 Å². The van der Waals surface area contributed by atoms with Crippen LogP contribution in [0.3, 0.4) is 0 Å². The molecule has 0 N–H and O–H groups in total. The van der Waals surface area contributed by atoms with E-state index in [1.54, 1.807) is 56.7 Å². The Morgan fingerprint density at radius 1 is 1.19 bits per heavy atom. The smallest absolute Gasteiger partial charge is 0.378 e. The van der Waals surface area contributed by atoms with Crippen LogP contribution in [0.5, 0.6) is 17.2 Å². The summed E-state index contributed by atoms with van der Waals surface area (Å²) in [4.78, 5) is 11.8. The number of nitro groups is 1. The summed E-state index contributed by atoms with van der Waals surface area (Å²) in [7, 11) is 3.10. The molecule has 134 valence electrons. The van der Waals surface area contributed by atoms with Crippen molar-refractivity contribution in [3.63, 3.8) is 0 Å². The number of methoxy groups -OCH3 is 2. The summed E-state index contributed by atoms with van der Waals surface area (Å²) in [6.45, 7) is 0.233.